The second-order valence-corrected chi connectivity index (χ2v) is 7.33. The van der Waals surface area contributed by atoms with Crippen molar-refractivity contribution in [3.8, 4) is 0 Å². The molecular formula is C17H16ClN3O6S. The molecule has 0 fully saturated rings. The number of non-ortho nitro benzene ring substituents is 1. The van der Waals surface area contributed by atoms with Gasteiger partial charge >= 0.3 is 5.97 Å². The Balaban J connectivity index is 1.85. The molecule has 0 saturated carbocycles. The number of esters is 1. The van der Waals surface area contributed by atoms with Gasteiger partial charge < -0.3 is 15.4 Å². The molecule has 9 nitrogen and oxygen atoms in total. The number of rotatable bonds is 7. The molecule has 2 N–H and O–H groups in total. The van der Waals surface area contributed by atoms with E-state index in [0.717, 1.165) is 10.9 Å². The summed E-state index contributed by atoms with van der Waals surface area (Å²) < 4.78 is 4.96. The summed E-state index contributed by atoms with van der Waals surface area (Å²) in [6.45, 7) is 2.80. The molecule has 28 heavy (non-hydrogen) atoms. The molecule has 1 aromatic carbocycles. The molecule has 1 heterocycles. The van der Waals surface area contributed by atoms with Crippen LogP contribution in [0.1, 0.15) is 21.5 Å². The topological polar surface area (TPSA) is 128 Å². The first-order chi connectivity index (χ1) is 13.2. The first kappa shape index (κ1) is 21.3. The van der Waals surface area contributed by atoms with Crippen molar-refractivity contribution in [3.05, 3.63) is 55.2 Å². The van der Waals surface area contributed by atoms with E-state index in [1.54, 1.807) is 12.1 Å². The molecule has 0 spiro atoms. The van der Waals surface area contributed by atoms with Crippen molar-refractivity contribution in [2.75, 3.05) is 11.9 Å². The highest BCUT2D eigenvalue weighted by molar-refractivity contribution is 7.13. The zero-order chi connectivity index (χ0) is 20.8. The van der Waals surface area contributed by atoms with E-state index in [4.69, 9.17) is 16.3 Å². The molecule has 2 amide bonds. The minimum atomic E-state index is -1.17. The molecule has 2 aromatic rings. The van der Waals surface area contributed by atoms with Gasteiger partial charge in [0.1, 0.15) is 6.54 Å². The van der Waals surface area contributed by atoms with Crippen LogP contribution in [0.25, 0.3) is 0 Å². The number of carbonyl (C=O) groups excluding carboxylic acids is 3. The van der Waals surface area contributed by atoms with Crippen molar-refractivity contribution in [3.63, 3.8) is 0 Å². The number of amides is 2. The number of thiophene rings is 1. The number of hydrogen-bond donors (Lipinski definition) is 2. The zero-order valence-electron chi connectivity index (χ0n) is 14.9. The average Bonchev–Trinajstić information content (AvgIpc) is 3.07. The maximum Gasteiger partial charge on any atom is 0.326 e. The van der Waals surface area contributed by atoms with Gasteiger partial charge in [0, 0.05) is 17.0 Å². The first-order valence-electron chi connectivity index (χ1n) is 7.96. The number of ether oxygens (including phenoxy) is 1. The van der Waals surface area contributed by atoms with Gasteiger partial charge in [0.2, 0.25) is 0 Å². The Morgan fingerprint density at radius 1 is 1.29 bits per heavy atom. The highest BCUT2D eigenvalue weighted by Crippen LogP contribution is 2.26. The number of nitrogens with zero attached hydrogens (tertiary/aromatic N) is 1. The third-order valence-electron chi connectivity index (χ3n) is 3.46. The maximum atomic E-state index is 12.1. The number of carbonyl (C=O) groups is 3. The summed E-state index contributed by atoms with van der Waals surface area (Å²) in [6, 6.07) is 6.98. The van der Waals surface area contributed by atoms with E-state index in [-0.39, 0.29) is 16.4 Å². The smallest absolute Gasteiger partial charge is 0.326 e. The predicted octanol–water partition coefficient (Wildman–Crippen LogP) is 2.92. The van der Waals surface area contributed by atoms with Gasteiger partial charge in [-0.2, -0.15) is 0 Å². The molecule has 0 saturated heterocycles. The molecule has 2 rings (SSSR count). The van der Waals surface area contributed by atoms with E-state index < -0.39 is 35.4 Å². The lowest BCUT2D eigenvalue weighted by Gasteiger charge is -2.14. The fraction of sp³-hybridized carbons (Fsp3) is 0.235. The van der Waals surface area contributed by atoms with Gasteiger partial charge in [0.25, 0.3) is 17.5 Å². The maximum absolute atomic E-state index is 12.1. The van der Waals surface area contributed by atoms with Crippen LogP contribution in [0.15, 0.2) is 30.3 Å². The van der Waals surface area contributed by atoms with Crippen LogP contribution < -0.4 is 10.6 Å². The van der Waals surface area contributed by atoms with Gasteiger partial charge in [-0.25, -0.2) is 0 Å². The van der Waals surface area contributed by atoms with Crippen molar-refractivity contribution >= 4 is 52.1 Å². The van der Waals surface area contributed by atoms with E-state index in [0.29, 0.717) is 4.88 Å². The van der Waals surface area contributed by atoms with Crippen molar-refractivity contribution in [2.24, 2.45) is 0 Å². The SMILES string of the molecule is Cc1ccc(C(=O)NCC(=O)OC(C)C(=O)Nc2ccc([N+](=O)[O-])cc2Cl)s1. The zero-order valence-corrected chi connectivity index (χ0v) is 16.4. The van der Waals surface area contributed by atoms with Crippen molar-refractivity contribution in [1.29, 1.82) is 0 Å². The minimum Gasteiger partial charge on any atom is -0.451 e. The molecule has 148 valence electrons. The molecule has 1 aromatic heterocycles. The Labute approximate surface area is 168 Å². The third-order valence-corrected chi connectivity index (χ3v) is 4.77. The average molecular weight is 426 g/mol. The summed E-state index contributed by atoms with van der Waals surface area (Å²) in [5, 5.41) is 15.5. The second-order valence-electron chi connectivity index (χ2n) is 5.64. The fourth-order valence-electron chi connectivity index (χ4n) is 2.04. The van der Waals surface area contributed by atoms with E-state index in [1.807, 2.05) is 6.92 Å². The van der Waals surface area contributed by atoms with Gasteiger partial charge in [0.05, 0.1) is 20.5 Å². The molecule has 0 radical (unpaired) electrons. The number of nitro groups is 1. The van der Waals surface area contributed by atoms with Crippen molar-refractivity contribution in [2.45, 2.75) is 20.0 Å². The normalized spacial score (nSPS) is 11.4. The molecule has 0 aliphatic heterocycles. The van der Waals surface area contributed by atoms with Gasteiger partial charge in [0.15, 0.2) is 6.10 Å². The van der Waals surface area contributed by atoms with E-state index in [1.165, 1.54) is 30.4 Å². The molecule has 1 atom stereocenters. The summed E-state index contributed by atoms with van der Waals surface area (Å²) in [7, 11) is 0. The van der Waals surface area contributed by atoms with Crippen LogP contribution >= 0.6 is 22.9 Å². The molecule has 11 heteroatoms. The number of anilines is 1. The Hall–Kier alpha value is -2.98. The summed E-state index contributed by atoms with van der Waals surface area (Å²) in [5.74, 6) is -1.88. The minimum absolute atomic E-state index is 0.0282. The molecular weight excluding hydrogens is 410 g/mol. The quantitative estimate of drug-likeness (QED) is 0.398. The standard InChI is InChI=1S/C17H16ClN3O6S/c1-9-3-6-14(28-9)17(24)19-8-15(22)27-10(2)16(23)20-13-5-4-11(21(25)26)7-12(13)18/h3-7,10H,8H2,1-2H3,(H,19,24)(H,20,23). The summed E-state index contributed by atoms with van der Waals surface area (Å²) in [6.07, 6.45) is -1.17. The van der Waals surface area contributed by atoms with Crippen molar-refractivity contribution in [1.82, 2.24) is 5.32 Å². The molecule has 1 unspecified atom stereocenters. The lowest BCUT2D eigenvalue weighted by molar-refractivity contribution is -0.384. The van der Waals surface area contributed by atoms with Crippen LogP contribution in [-0.2, 0) is 14.3 Å². The number of hydrogen-bond acceptors (Lipinski definition) is 7. The van der Waals surface area contributed by atoms with Gasteiger partial charge in [-0.3, -0.25) is 24.5 Å². The number of benzene rings is 1. The summed E-state index contributed by atoms with van der Waals surface area (Å²) >= 11 is 7.19. The van der Waals surface area contributed by atoms with E-state index >= 15 is 0 Å². The monoisotopic (exact) mass is 425 g/mol. The Bertz CT molecular complexity index is 929. The van der Waals surface area contributed by atoms with Gasteiger partial charge in [-0.1, -0.05) is 11.6 Å². The van der Waals surface area contributed by atoms with Crippen LogP contribution in [0.2, 0.25) is 5.02 Å². The van der Waals surface area contributed by atoms with Gasteiger partial charge in [-0.05, 0) is 32.0 Å². The van der Waals surface area contributed by atoms with Crippen LogP contribution in [0.4, 0.5) is 11.4 Å². The molecule has 0 aliphatic rings. The highest BCUT2D eigenvalue weighted by atomic mass is 35.5. The Kier molecular flexibility index (Phi) is 7.07. The number of aryl methyl sites for hydroxylation is 1. The number of halogens is 1. The van der Waals surface area contributed by atoms with Crippen LogP contribution in [0.3, 0.4) is 0 Å². The van der Waals surface area contributed by atoms with Gasteiger partial charge in [-0.15, -0.1) is 11.3 Å². The van der Waals surface area contributed by atoms with Crippen molar-refractivity contribution < 1.29 is 24.0 Å². The van der Waals surface area contributed by atoms with E-state index in [2.05, 4.69) is 10.6 Å². The third kappa shape index (κ3) is 5.76. The first-order valence-corrected chi connectivity index (χ1v) is 9.15. The lowest BCUT2D eigenvalue weighted by atomic mass is 10.2. The van der Waals surface area contributed by atoms with Crippen LogP contribution in [-0.4, -0.2) is 35.4 Å². The second kappa shape index (κ2) is 9.29. The molecule has 0 aliphatic carbocycles. The Morgan fingerprint density at radius 2 is 2.00 bits per heavy atom. The van der Waals surface area contributed by atoms with Crippen LogP contribution in [0.5, 0.6) is 0 Å². The predicted molar refractivity (Wildman–Crippen MR) is 104 cm³/mol. The largest absolute Gasteiger partial charge is 0.451 e. The summed E-state index contributed by atoms with van der Waals surface area (Å²) in [5.41, 5.74) is -0.0827. The highest BCUT2D eigenvalue weighted by Gasteiger charge is 2.20. The van der Waals surface area contributed by atoms with E-state index in [9.17, 15) is 24.5 Å². The Morgan fingerprint density at radius 3 is 2.57 bits per heavy atom. The summed E-state index contributed by atoms with van der Waals surface area (Å²) in [4.78, 5) is 47.3. The lowest BCUT2D eigenvalue weighted by Crippen LogP contribution is -2.35. The number of nitrogens with one attached hydrogen (secondary N) is 2. The number of nitro benzene ring substituents is 1. The van der Waals surface area contributed by atoms with Crippen LogP contribution in [0, 0.1) is 17.0 Å². The fourth-order valence-corrected chi connectivity index (χ4v) is 3.05. The molecule has 0 bridgehead atoms.